The predicted molar refractivity (Wildman–Crippen MR) is 70.4 cm³/mol. The average Bonchev–Trinajstić information content (AvgIpc) is 2.35. The van der Waals surface area contributed by atoms with E-state index in [2.05, 4.69) is 5.32 Å². The second kappa shape index (κ2) is 6.22. The van der Waals surface area contributed by atoms with E-state index in [1.165, 1.54) is 12.1 Å². The quantitative estimate of drug-likeness (QED) is 0.821. The molecule has 22 heavy (non-hydrogen) atoms. The van der Waals surface area contributed by atoms with Crippen molar-refractivity contribution in [3.05, 3.63) is 35.4 Å². The number of amides is 1. The summed E-state index contributed by atoms with van der Waals surface area (Å²) in [5.41, 5.74) is -0.531. The zero-order chi connectivity index (χ0) is 16.4. The maximum absolute atomic E-state index is 12.6. The maximum atomic E-state index is 12.6. The van der Waals surface area contributed by atoms with Crippen LogP contribution < -0.4 is 5.32 Å². The highest BCUT2D eigenvalue weighted by Gasteiger charge is 2.44. The van der Waals surface area contributed by atoms with Gasteiger partial charge in [-0.05, 0) is 24.0 Å². The van der Waals surface area contributed by atoms with Gasteiger partial charge in [-0.2, -0.15) is 13.2 Å². The SMILES string of the molecule is O=C(Cc1cccc(C(F)(F)F)c1)NCCC1CC(F)(F)C1. The highest BCUT2D eigenvalue weighted by atomic mass is 19.4. The summed E-state index contributed by atoms with van der Waals surface area (Å²) >= 11 is 0. The lowest BCUT2D eigenvalue weighted by molar-refractivity contribution is -0.137. The third-order valence-corrected chi connectivity index (χ3v) is 3.67. The molecule has 1 saturated carbocycles. The summed E-state index contributed by atoms with van der Waals surface area (Å²) in [6.07, 6.45) is -4.45. The van der Waals surface area contributed by atoms with Gasteiger partial charge in [-0.15, -0.1) is 0 Å². The Hall–Kier alpha value is -1.66. The molecule has 0 spiro atoms. The molecule has 1 fully saturated rings. The van der Waals surface area contributed by atoms with Crippen molar-refractivity contribution in [1.29, 1.82) is 0 Å². The van der Waals surface area contributed by atoms with Gasteiger partial charge >= 0.3 is 6.18 Å². The Morgan fingerprint density at radius 1 is 1.27 bits per heavy atom. The fraction of sp³-hybridized carbons (Fsp3) is 0.533. The van der Waals surface area contributed by atoms with Crippen LogP contribution in [0.2, 0.25) is 0 Å². The number of rotatable bonds is 5. The molecule has 1 aromatic rings. The zero-order valence-corrected chi connectivity index (χ0v) is 11.7. The van der Waals surface area contributed by atoms with Crippen LogP contribution in [0.25, 0.3) is 0 Å². The molecule has 0 unspecified atom stereocenters. The van der Waals surface area contributed by atoms with Crippen molar-refractivity contribution in [3.8, 4) is 0 Å². The lowest BCUT2D eigenvalue weighted by atomic mass is 9.79. The number of alkyl halides is 5. The van der Waals surface area contributed by atoms with Crippen molar-refractivity contribution >= 4 is 5.91 Å². The number of halogens is 5. The van der Waals surface area contributed by atoms with Crippen LogP contribution in [0.1, 0.15) is 30.4 Å². The van der Waals surface area contributed by atoms with Gasteiger partial charge in [-0.1, -0.05) is 18.2 Å². The molecule has 0 aliphatic heterocycles. The number of carbonyl (C=O) groups is 1. The first-order valence-electron chi connectivity index (χ1n) is 6.96. The number of hydrogen-bond donors (Lipinski definition) is 1. The van der Waals surface area contributed by atoms with Crippen LogP contribution in [0.4, 0.5) is 22.0 Å². The van der Waals surface area contributed by atoms with E-state index in [0.29, 0.717) is 6.42 Å². The Bertz CT molecular complexity index is 533. The van der Waals surface area contributed by atoms with E-state index in [-0.39, 0.29) is 37.3 Å². The summed E-state index contributed by atoms with van der Waals surface area (Å²) < 4.78 is 62.9. The molecule has 1 aliphatic carbocycles. The second-order valence-electron chi connectivity index (χ2n) is 5.64. The van der Waals surface area contributed by atoms with Gasteiger partial charge in [0.2, 0.25) is 11.8 Å². The molecule has 0 heterocycles. The molecule has 0 saturated heterocycles. The zero-order valence-electron chi connectivity index (χ0n) is 11.7. The van der Waals surface area contributed by atoms with Crippen LogP contribution in [0.15, 0.2) is 24.3 Å². The molecule has 1 N–H and O–H groups in total. The largest absolute Gasteiger partial charge is 0.416 e. The number of hydrogen-bond acceptors (Lipinski definition) is 1. The lowest BCUT2D eigenvalue weighted by Crippen LogP contribution is -2.37. The minimum atomic E-state index is -4.44. The molecule has 0 bridgehead atoms. The maximum Gasteiger partial charge on any atom is 0.416 e. The fourth-order valence-electron chi connectivity index (χ4n) is 2.51. The summed E-state index contributed by atoms with van der Waals surface area (Å²) in [7, 11) is 0. The molecular weight excluding hydrogens is 305 g/mol. The molecular formula is C15H16F5NO. The van der Waals surface area contributed by atoms with Crippen LogP contribution in [-0.2, 0) is 17.4 Å². The third-order valence-electron chi connectivity index (χ3n) is 3.67. The van der Waals surface area contributed by atoms with E-state index in [4.69, 9.17) is 0 Å². The van der Waals surface area contributed by atoms with Crippen molar-refractivity contribution in [2.24, 2.45) is 5.92 Å². The third kappa shape index (κ3) is 4.68. The van der Waals surface area contributed by atoms with E-state index in [0.717, 1.165) is 12.1 Å². The van der Waals surface area contributed by atoms with Crippen LogP contribution in [-0.4, -0.2) is 18.4 Å². The molecule has 2 rings (SSSR count). The first-order chi connectivity index (χ1) is 10.2. The van der Waals surface area contributed by atoms with Gasteiger partial charge in [0.15, 0.2) is 0 Å². The highest BCUT2D eigenvalue weighted by Crippen LogP contribution is 2.43. The number of nitrogens with one attached hydrogen (secondary N) is 1. The molecule has 0 aromatic heterocycles. The first kappa shape index (κ1) is 16.7. The van der Waals surface area contributed by atoms with Crippen molar-refractivity contribution in [3.63, 3.8) is 0 Å². The van der Waals surface area contributed by atoms with Gasteiger partial charge in [-0.25, -0.2) is 8.78 Å². The van der Waals surface area contributed by atoms with E-state index in [1.54, 1.807) is 0 Å². The Morgan fingerprint density at radius 2 is 1.95 bits per heavy atom. The van der Waals surface area contributed by atoms with Crippen LogP contribution in [0, 0.1) is 5.92 Å². The molecule has 1 aromatic carbocycles. The molecule has 2 nitrogen and oxygen atoms in total. The van der Waals surface area contributed by atoms with E-state index in [1.807, 2.05) is 0 Å². The summed E-state index contributed by atoms with van der Waals surface area (Å²) in [5, 5.41) is 2.55. The Kier molecular flexibility index (Phi) is 4.72. The standard InChI is InChI=1S/C15H16F5NO/c16-14(17)8-11(9-14)4-5-21-13(22)7-10-2-1-3-12(6-10)15(18,19)20/h1-3,6,11H,4-5,7-9H2,(H,21,22). The fourth-order valence-corrected chi connectivity index (χ4v) is 2.51. The van der Waals surface area contributed by atoms with Gasteiger partial charge in [-0.3, -0.25) is 4.79 Å². The smallest absolute Gasteiger partial charge is 0.356 e. The van der Waals surface area contributed by atoms with E-state index >= 15 is 0 Å². The lowest BCUT2D eigenvalue weighted by Gasteiger charge is -2.34. The van der Waals surface area contributed by atoms with Gasteiger partial charge in [0.05, 0.1) is 12.0 Å². The van der Waals surface area contributed by atoms with Crippen LogP contribution >= 0.6 is 0 Å². The van der Waals surface area contributed by atoms with Crippen molar-refractivity contribution in [2.75, 3.05) is 6.54 Å². The van der Waals surface area contributed by atoms with Gasteiger partial charge in [0.25, 0.3) is 0 Å². The molecule has 0 radical (unpaired) electrons. The Labute approximate surface area is 124 Å². The minimum Gasteiger partial charge on any atom is -0.356 e. The van der Waals surface area contributed by atoms with Gasteiger partial charge in [0.1, 0.15) is 0 Å². The minimum absolute atomic E-state index is 0.0937. The monoisotopic (exact) mass is 321 g/mol. The number of benzene rings is 1. The first-order valence-corrected chi connectivity index (χ1v) is 6.96. The molecule has 122 valence electrons. The van der Waals surface area contributed by atoms with Crippen LogP contribution in [0.5, 0.6) is 0 Å². The summed E-state index contributed by atoms with van der Waals surface area (Å²) in [4.78, 5) is 11.6. The van der Waals surface area contributed by atoms with Crippen LogP contribution in [0.3, 0.4) is 0 Å². The van der Waals surface area contributed by atoms with E-state index < -0.39 is 23.6 Å². The number of carbonyl (C=O) groups excluding carboxylic acids is 1. The molecule has 1 aliphatic rings. The van der Waals surface area contributed by atoms with Gasteiger partial charge < -0.3 is 5.32 Å². The second-order valence-corrected chi connectivity index (χ2v) is 5.64. The average molecular weight is 321 g/mol. The summed E-state index contributed by atoms with van der Waals surface area (Å²) in [6.45, 7) is 0.262. The molecule has 7 heteroatoms. The van der Waals surface area contributed by atoms with Crippen molar-refractivity contribution < 1.29 is 26.7 Å². The van der Waals surface area contributed by atoms with Crippen molar-refractivity contribution in [2.45, 2.75) is 37.8 Å². The Balaban J connectivity index is 1.75. The van der Waals surface area contributed by atoms with E-state index in [9.17, 15) is 26.7 Å². The van der Waals surface area contributed by atoms with Crippen molar-refractivity contribution in [1.82, 2.24) is 5.32 Å². The highest BCUT2D eigenvalue weighted by molar-refractivity contribution is 5.78. The summed E-state index contributed by atoms with van der Waals surface area (Å²) in [6, 6.07) is 4.58. The molecule has 1 amide bonds. The van der Waals surface area contributed by atoms with Gasteiger partial charge in [0, 0.05) is 19.4 Å². The molecule has 0 atom stereocenters. The Morgan fingerprint density at radius 3 is 2.55 bits per heavy atom. The topological polar surface area (TPSA) is 29.1 Å². The summed E-state index contributed by atoms with van der Waals surface area (Å²) in [5.74, 6) is -3.08. The predicted octanol–water partition coefficient (Wildman–Crippen LogP) is 3.80. The normalized spacial score (nSPS) is 17.9.